The standard InChI is InChI=1S/C17H20N6O4S/c1-12(24)9-19-28(25,26)16-7-3-13(4-8-16)17-20-22-23(21-17)11-14-5-6-15(27-2)10-18-14/h3-8,10,12,19,24H,9,11H2,1-2H3/t12-/m1/s1. The monoisotopic (exact) mass is 404 g/mol. The first kappa shape index (κ1) is 19.9. The van der Waals surface area contributed by atoms with Crippen LogP contribution in [-0.4, -0.2) is 58.5 Å². The lowest BCUT2D eigenvalue weighted by Gasteiger charge is -2.08. The van der Waals surface area contributed by atoms with E-state index in [1.807, 2.05) is 6.07 Å². The second-order valence-corrected chi connectivity index (χ2v) is 7.83. The molecule has 10 nitrogen and oxygen atoms in total. The second-order valence-electron chi connectivity index (χ2n) is 6.06. The van der Waals surface area contributed by atoms with Crippen LogP contribution in [-0.2, 0) is 16.6 Å². The summed E-state index contributed by atoms with van der Waals surface area (Å²) in [5, 5.41) is 21.5. The second kappa shape index (κ2) is 8.42. The van der Waals surface area contributed by atoms with Gasteiger partial charge in [0.1, 0.15) is 12.3 Å². The van der Waals surface area contributed by atoms with Crippen molar-refractivity contribution in [3.63, 3.8) is 0 Å². The summed E-state index contributed by atoms with van der Waals surface area (Å²) in [5.74, 6) is 1.03. The minimum Gasteiger partial charge on any atom is -0.495 e. The summed E-state index contributed by atoms with van der Waals surface area (Å²) in [6, 6.07) is 9.71. The Morgan fingerprint density at radius 2 is 1.96 bits per heavy atom. The Bertz CT molecular complexity index is 1020. The SMILES string of the molecule is COc1ccc(Cn2nnc(-c3ccc(S(=O)(=O)NC[C@@H](C)O)cc3)n2)nc1. The van der Waals surface area contributed by atoms with Crippen LogP contribution < -0.4 is 9.46 Å². The molecule has 0 radical (unpaired) electrons. The highest BCUT2D eigenvalue weighted by Gasteiger charge is 2.15. The summed E-state index contributed by atoms with van der Waals surface area (Å²) in [6.45, 7) is 1.79. The number of aliphatic hydroxyl groups excluding tert-OH is 1. The molecular formula is C17H20N6O4S. The quantitative estimate of drug-likeness (QED) is 0.553. The predicted molar refractivity (Wildman–Crippen MR) is 100 cm³/mol. The average molecular weight is 404 g/mol. The van der Waals surface area contributed by atoms with Crippen LogP contribution in [0.2, 0.25) is 0 Å². The molecule has 1 atom stereocenters. The predicted octanol–water partition coefficient (Wildman–Crippen LogP) is 0.451. The molecule has 2 aromatic heterocycles. The number of pyridine rings is 1. The summed E-state index contributed by atoms with van der Waals surface area (Å²) in [7, 11) is -2.11. The highest BCUT2D eigenvalue weighted by atomic mass is 32.2. The number of tetrazole rings is 1. The van der Waals surface area contributed by atoms with Gasteiger partial charge >= 0.3 is 0 Å². The van der Waals surface area contributed by atoms with Gasteiger partial charge in [0.05, 0.1) is 30.0 Å². The molecule has 11 heteroatoms. The number of aliphatic hydroxyl groups is 1. The zero-order chi connectivity index (χ0) is 20.1. The van der Waals surface area contributed by atoms with Crippen molar-refractivity contribution in [2.24, 2.45) is 0 Å². The Hall–Kier alpha value is -2.89. The summed E-state index contributed by atoms with van der Waals surface area (Å²) in [4.78, 5) is 5.74. The maximum absolute atomic E-state index is 12.2. The van der Waals surface area contributed by atoms with Gasteiger partial charge in [-0.2, -0.15) is 4.80 Å². The zero-order valence-corrected chi connectivity index (χ0v) is 16.2. The number of hydrogen-bond donors (Lipinski definition) is 2. The highest BCUT2D eigenvalue weighted by molar-refractivity contribution is 7.89. The maximum atomic E-state index is 12.2. The summed E-state index contributed by atoms with van der Waals surface area (Å²) < 4.78 is 31.7. The molecule has 2 N–H and O–H groups in total. The molecule has 3 aromatic rings. The van der Waals surface area contributed by atoms with Crippen molar-refractivity contribution in [2.45, 2.75) is 24.5 Å². The van der Waals surface area contributed by atoms with E-state index in [0.29, 0.717) is 23.7 Å². The Morgan fingerprint density at radius 3 is 2.57 bits per heavy atom. The van der Waals surface area contributed by atoms with E-state index in [-0.39, 0.29) is 11.4 Å². The van der Waals surface area contributed by atoms with Crippen molar-refractivity contribution in [3.05, 3.63) is 48.3 Å². The van der Waals surface area contributed by atoms with Gasteiger partial charge in [-0.15, -0.1) is 10.2 Å². The number of methoxy groups -OCH3 is 1. The van der Waals surface area contributed by atoms with E-state index in [9.17, 15) is 13.5 Å². The molecule has 1 aromatic carbocycles. The molecular weight excluding hydrogens is 384 g/mol. The number of rotatable bonds is 8. The zero-order valence-electron chi connectivity index (χ0n) is 15.3. The Labute approximate surface area is 162 Å². The van der Waals surface area contributed by atoms with Crippen molar-refractivity contribution in [1.29, 1.82) is 0 Å². The van der Waals surface area contributed by atoms with E-state index < -0.39 is 16.1 Å². The fraction of sp³-hybridized carbons (Fsp3) is 0.294. The molecule has 0 spiro atoms. The minimum atomic E-state index is -3.69. The first-order chi connectivity index (χ1) is 13.4. The minimum absolute atomic E-state index is 0.0562. The molecule has 0 aliphatic heterocycles. The lowest BCUT2D eigenvalue weighted by Crippen LogP contribution is -2.30. The third-order valence-electron chi connectivity index (χ3n) is 3.78. The molecule has 0 amide bonds. The van der Waals surface area contributed by atoms with Crippen LogP contribution >= 0.6 is 0 Å². The fourth-order valence-electron chi connectivity index (χ4n) is 2.29. The van der Waals surface area contributed by atoms with Gasteiger partial charge < -0.3 is 9.84 Å². The molecule has 0 bridgehead atoms. The Balaban J connectivity index is 1.70. The Kier molecular flexibility index (Phi) is 5.97. The molecule has 0 fully saturated rings. The van der Waals surface area contributed by atoms with Gasteiger partial charge in [0.2, 0.25) is 15.8 Å². The largest absolute Gasteiger partial charge is 0.495 e. The van der Waals surface area contributed by atoms with Gasteiger partial charge in [-0.25, -0.2) is 13.1 Å². The molecule has 2 heterocycles. The molecule has 3 rings (SSSR count). The highest BCUT2D eigenvalue weighted by Crippen LogP contribution is 2.17. The van der Waals surface area contributed by atoms with Gasteiger partial charge in [-0.3, -0.25) is 4.98 Å². The molecule has 0 aliphatic carbocycles. The van der Waals surface area contributed by atoms with E-state index >= 15 is 0 Å². The van der Waals surface area contributed by atoms with Crippen LogP contribution in [0.25, 0.3) is 11.4 Å². The molecule has 148 valence electrons. The fourth-order valence-corrected chi connectivity index (χ4v) is 3.41. The number of sulfonamides is 1. The lowest BCUT2D eigenvalue weighted by atomic mass is 10.2. The normalized spacial score (nSPS) is 12.7. The Morgan fingerprint density at radius 1 is 1.21 bits per heavy atom. The molecule has 0 saturated heterocycles. The van der Waals surface area contributed by atoms with E-state index in [2.05, 4.69) is 25.1 Å². The van der Waals surface area contributed by atoms with Crippen LogP contribution in [0.5, 0.6) is 5.75 Å². The van der Waals surface area contributed by atoms with Crippen molar-refractivity contribution < 1.29 is 18.3 Å². The van der Waals surface area contributed by atoms with Crippen LogP contribution in [0.15, 0.2) is 47.5 Å². The van der Waals surface area contributed by atoms with Gasteiger partial charge in [-0.05, 0) is 48.5 Å². The van der Waals surface area contributed by atoms with Gasteiger partial charge in [0.25, 0.3) is 0 Å². The van der Waals surface area contributed by atoms with Crippen molar-refractivity contribution in [3.8, 4) is 17.1 Å². The summed E-state index contributed by atoms with van der Waals surface area (Å²) >= 11 is 0. The molecule has 28 heavy (non-hydrogen) atoms. The van der Waals surface area contributed by atoms with Gasteiger partial charge in [-0.1, -0.05) is 0 Å². The number of nitrogens with zero attached hydrogens (tertiary/aromatic N) is 5. The third-order valence-corrected chi connectivity index (χ3v) is 5.22. The summed E-state index contributed by atoms with van der Waals surface area (Å²) in [5.41, 5.74) is 1.37. The van der Waals surface area contributed by atoms with E-state index in [0.717, 1.165) is 5.69 Å². The summed E-state index contributed by atoms with van der Waals surface area (Å²) in [6.07, 6.45) is 0.839. The molecule has 0 aliphatic rings. The number of benzene rings is 1. The van der Waals surface area contributed by atoms with E-state index in [1.165, 1.54) is 23.9 Å². The third kappa shape index (κ3) is 4.88. The maximum Gasteiger partial charge on any atom is 0.240 e. The van der Waals surface area contributed by atoms with Gasteiger partial charge in [0, 0.05) is 12.1 Å². The van der Waals surface area contributed by atoms with Crippen LogP contribution in [0.3, 0.4) is 0 Å². The van der Waals surface area contributed by atoms with E-state index in [1.54, 1.807) is 31.5 Å². The van der Waals surface area contributed by atoms with Crippen molar-refractivity contribution >= 4 is 10.0 Å². The van der Waals surface area contributed by atoms with Gasteiger partial charge in [0.15, 0.2) is 0 Å². The van der Waals surface area contributed by atoms with Crippen LogP contribution in [0.1, 0.15) is 12.6 Å². The number of nitrogens with one attached hydrogen (secondary N) is 1. The lowest BCUT2D eigenvalue weighted by molar-refractivity contribution is 0.198. The first-order valence-electron chi connectivity index (χ1n) is 8.42. The van der Waals surface area contributed by atoms with Crippen molar-refractivity contribution in [1.82, 2.24) is 29.9 Å². The van der Waals surface area contributed by atoms with Crippen LogP contribution in [0.4, 0.5) is 0 Å². The van der Waals surface area contributed by atoms with Crippen LogP contribution in [0, 0.1) is 0 Å². The number of aromatic nitrogens is 5. The van der Waals surface area contributed by atoms with Crippen molar-refractivity contribution in [2.75, 3.05) is 13.7 Å². The molecule has 0 saturated carbocycles. The number of ether oxygens (including phenoxy) is 1. The molecule has 0 unspecified atom stereocenters. The average Bonchev–Trinajstić information content (AvgIpc) is 3.16. The smallest absolute Gasteiger partial charge is 0.240 e. The first-order valence-corrected chi connectivity index (χ1v) is 9.90. The topological polar surface area (TPSA) is 132 Å². The number of hydrogen-bond acceptors (Lipinski definition) is 8. The van der Waals surface area contributed by atoms with E-state index in [4.69, 9.17) is 4.74 Å².